The van der Waals surface area contributed by atoms with Gasteiger partial charge in [0, 0.05) is 0 Å². The van der Waals surface area contributed by atoms with E-state index in [1.54, 1.807) is 30.3 Å². The predicted molar refractivity (Wildman–Crippen MR) is 118 cm³/mol. The maximum absolute atomic E-state index is 12.7. The minimum Gasteiger partial charge on any atom is -0.469 e. The number of nitrogen functional groups attached to an aromatic ring is 1. The second-order valence-electron chi connectivity index (χ2n) is 6.72. The summed E-state index contributed by atoms with van der Waals surface area (Å²) in [4.78, 5) is 55.0. The fourth-order valence-electron chi connectivity index (χ4n) is 3.21. The Hall–Kier alpha value is -3.16. The first-order valence-corrected chi connectivity index (χ1v) is 11.1. The molecular formula is C19H18N4O7S2. The Kier molecular flexibility index (Phi) is 6.30. The number of ether oxygens (including phenoxy) is 3. The number of aromatic amines is 1. The first-order chi connectivity index (χ1) is 15.4. The number of aromatic nitrogens is 3. The lowest BCUT2D eigenvalue weighted by atomic mass is 10.2. The van der Waals surface area contributed by atoms with Crippen molar-refractivity contribution in [3.05, 3.63) is 55.9 Å². The number of thiazole rings is 1. The number of carbonyl (C=O) groups is 2. The van der Waals surface area contributed by atoms with Gasteiger partial charge in [-0.3, -0.25) is 23.9 Å². The van der Waals surface area contributed by atoms with Crippen molar-refractivity contribution in [1.82, 2.24) is 14.5 Å². The zero-order valence-electron chi connectivity index (χ0n) is 16.7. The third-order valence-corrected chi connectivity index (χ3v) is 6.88. The molecule has 0 spiro atoms. The molecule has 32 heavy (non-hydrogen) atoms. The van der Waals surface area contributed by atoms with Crippen molar-refractivity contribution in [3.8, 4) is 0 Å². The number of fused-ring (bicyclic) bond motifs is 1. The summed E-state index contributed by atoms with van der Waals surface area (Å²) in [6.07, 6.45) is -1.02. The maximum atomic E-state index is 12.7. The lowest BCUT2D eigenvalue weighted by Gasteiger charge is -2.18. The largest absolute Gasteiger partial charge is 0.469 e. The number of hydrogen-bond donors (Lipinski definition) is 2. The number of esters is 2. The van der Waals surface area contributed by atoms with Crippen molar-refractivity contribution in [1.29, 1.82) is 0 Å². The molecule has 1 saturated heterocycles. The number of benzene rings is 1. The van der Waals surface area contributed by atoms with Crippen LogP contribution in [-0.4, -0.2) is 50.9 Å². The van der Waals surface area contributed by atoms with Gasteiger partial charge in [-0.15, -0.1) is 11.8 Å². The lowest BCUT2D eigenvalue weighted by molar-refractivity contribution is -0.141. The van der Waals surface area contributed by atoms with Crippen LogP contribution in [0, 0.1) is 0 Å². The molecular weight excluding hydrogens is 460 g/mol. The molecule has 13 heteroatoms. The molecule has 3 aromatic rings. The minimum atomic E-state index is -0.950. The second-order valence-corrected chi connectivity index (χ2v) is 9.08. The summed E-state index contributed by atoms with van der Waals surface area (Å²) in [5.74, 6) is -1.18. The van der Waals surface area contributed by atoms with Gasteiger partial charge in [0.2, 0.25) is 5.95 Å². The molecule has 4 rings (SSSR count). The molecule has 1 aliphatic rings. The maximum Gasteiger partial charge on any atom is 0.338 e. The average Bonchev–Trinajstić information content (AvgIpc) is 3.32. The number of methoxy groups -OCH3 is 1. The third kappa shape index (κ3) is 4.40. The Morgan fingerprint density at radius 2 is 2.03 bits per heavy atom. The van der Waals surface area contributed by atoms with E-state index in [0.29, 0.717) is 16.9 Å². The second kappa shape index (κ2) is 9.14. The number of rotatable bonds is 6. The predicted octanol–water partition coefficient (Wildman–Crippen LogP) is 1.11. The van der Waals surface area contributed by atoms with Crippen LogP contribution in [0.25, 0.3) is 10.3 Å². The first kappa shape index (κ1) is 22.0. The van der Waals surface area contributed by atoms with Crippen LogP contribution in [0.5, 0.6) is 0 Å². The van der Waals surface area contributed by atoms with Crippen LogP contribution in [0.2, 0.25) is 0 Å². The van der Waals surface area contributed by atoms with Crippen molar-refractivity contribution < 1.29 is 23.8 Å². The number of nitrogens with zero attached hydrogens (tertiary/aromatic N) is 2. The summed E-state index contributed by atoms with van der Waals surface area (Å²) >= 11 is 1.92. The van der Waals surface area contributed by atoms with E-state index in [0.717, 1.165) is 0 Å². The first-order valence-electron chi connectivity index (χ1n) is 9.38. The number of thioether (sulfide) groups is 1. The zero-order chi connectivity index (χ0) is 22.8. The van der Waals surface area contributed by atoms with Gasteiger partial charge in [-0.25, -0.2) is 4.79 Å². The molecule has 1 aromatic carbocycles. The molecule has 1 aliphatic heterocycles. The SMILES string of the molecule is COC(=O)CC1SC(COC(=O)c2ccccc2)OC1n1c(=O)sc2c(=O)[nH]c(N)nc21. The minimum absolute atomic E-state index is 0.0589. The fourth-order valence-corrected chi connectivity index (χ4v) is 5.32. The molecule has 0 radical (unpaired) electrons. The number of carbonyl (C=O) groups excluding carboxylic acids is 2. The van der Waals surface area contributed by atoms with Crippen LogP contribution in [-0.2, 0) is 19.0 Å². The van der Waals surface area contributed by atoms with E-state index in [9.17, 15) is 19.2 Å². The highest BCUT2D eigenvalue weighted by atomic mass is 32.2. The standard InChI is InChI=1S/C19H18N4O7S2/c1-28-11(24)7-10-16(23-14-13(32-19(23)27)15(25)22-18(20)21-14)30-12(31-10)8-29-17(26)9-5-3-2-4-6-9/h2-6,10,12,16H,7-8H2,1H3,(H3,20,21,22,25). The molecule has 0 bridgehead atoms. The van der Waals surface area contributed by atoms with E-state index in [4.69, 9.17) is 19.9 Å². The van der Waals surface area contributed by atoms with Crippen LogP contribution in [0.3, 0.4) is 0 Å². The van der Waals surface area contributed by atoms with E-state index < -0.39 is 39.3 Å². The summed E-state index contributed by atoms with van der Waals surface area (Å²) in [5, 5.41) is -0.555. The van der Waals surface area contributed by atoms with Gasteiger partial charge in [0.05, 0.1) is 24.3 Å². The summed E-state index contributed by atoms with van der Waals surface area (Å²) in [5.41, 5.74) is 4.88. The van der Waals surface area contributed by atoms with Gasteiger partial charge >= 0.3 is 16.8 Å². The van der Waals surface area contributed by atoms with Crippen molar-refractivity contribution in [3.63, 3.8) is 0 Å². The zero-order valence-corrected chi connectivity index (χ0v) is 18.3. The Labute approximate surface area is 188 Å². The summed E-state index contributed by atoms with van der Waals surface area (Å²) < 4.78 is 17.4. The molecule has 0 saturated carbocycles. The summed E-state index contributed by atoms with van der Waals surface area (Å²) in [6, 6.07) is 8.46. The van der Waals surface area contributed by atoms with E-state index in [2.05, 4.69) is 9.97 Å². The van der Waals surface area contributed by atoms with Gasteiger partial charge in [0.15, 0.2) is 11.9 Å². The average molecular weight is 479 g/mol. The lowest BCUT2D eigenvalue weighted by Crippen LogP contribution is -2.29. The normalized spacial score (nSPS) is 20.3. The van der Waals surface area contributed by atoms with Crippen LogP contribution in [0.1, 0.15) is 23.0 Å². The highest BCUT2D eigenvalue weighted by molar-refractivity contribution is 8.00. The van der Waals surface area contributed by atoms with E-state index in [-0.39, 0.29) is 29.3 Å². The van der Waals surface area contributed by atoms with Gasteiger partial charge in [-0.2, -0.15) is 4.98 Å². The fraction of sp³-hybridized carbons (Fsp3) is 0.316. The van der Waals surface area contributed by atoms with Gasteiger partial charge < -0.3 is 19.9 Å². The van der Waals surface area contributed by atoms with Gasteiger partial charge in [-0.1, -0.05) is 29.5 Å². The highest BCUT2D eigenvalue weighted by Gasteiger charge is 2.41. The monoisotopic (exact) mass is 478 g/mol. The van der Waals surface area contributed by atoms with E-state index in [1.165, 1.54) is 23.4 Å². The molecule has 2 aromatic heterocycles. The number of hydrogen-bond acceptors (Lipinski definition) is 11. The number of nitrogens with two attached hydrogens (primary N) is 1. The van der Waals surface area contributed by atoms with Crippen LogP contribution >= 0.6 is 23.1 Å². The van der Waals surface area contributed by atoms with Crippen molar-refractivity contribution in [2.45, 2.75) is 23.3 Å². The third-order valence-electron chi connectivity index (χ3n) is 4.64. The molecule has 11 nitrogen and oxygen atoms in total. The summed E-state index contributed by atoms with van der Waals surface area (Å²) in [6.45, 7) is -0.112. The number of H-pyrrole nitrogens is 1. The van der Waals surface area contributed by atoms with Gasteiger partial charge in [-0.05, 0) is 12.1 Å². The Bertz CT molecular complexity index is 1270. The molecule has 3 N–H and O–H groups in total. The molecule has 1 fully saturated rings. The van der Waals surface area contributed by atoms with Crippen LogP contribution in [0.4, 0.5) is 5.95 Å². The summed E-state index contributed by atoms with van der Waals surface area (Å²) in [7, 11) is 1.25. The molecule has 3 unspecified atom stereocenters. The molecule has 0 amide bonds. The number of nitrogens with one attached hydrogen (secondary N) is 1. The Balaban J connectivity index is 1.60. The van der Waals surface area contributed by atoms with Crippen molar-refractivity contribution >= 4 is 51.3 Å². The molecule has 168 valence electrons. The molecule has 3 atom stereocenters. The van der Waals surface area contributed by atoms with E-state index >= 15 is 0 Å². The Morgan fingerprint density at radius 3 is 2.75 bits per heavy atom. The van der Waals surface area contributed by atoms with Crippen molar-refractivity contribution in [2.24, 2.45) is 0 Å². The quantitative estimate of drug-likeness (QED) is 0.492. The topological polar surface area (TPSA) is 156 Å². The highest BCUT2D eigenvalue weighted by Crippen LogP contribution is 2.41. The van der Waals surface area contributed by atoms with Crippen LogP contribution < -0.4 is 16.2 Å². The molecule has 3 heterocycles. The van der Waals surface area contributed by atoms with Gasteiger partial charge in [0.25, 0.3) is 5.56 Å². The van der Waals surface area contributed by atoms with E-state index in [1.807, 2.05) is 0 Å². The van der Waals surface area contributed by atoms with Gasteiger partial charge in [0.1, 0.15) is 16.7 Å². The van der Waals surface area contributed by atoms with Crippen LogP contribution in [0.15, 0.2) is 39.9 Å². The number of anilines is 1. The van der Waals surface area contributed by atoms with Crippen molar-refractivity contribution in [2.75, 3.05) is 19.5 Å². The Morgan fingerprint density at radius 1 is 1.28 bits per heavy atom. The molecule has 0 aliphatic carbocycles. The smallest absolute Gasteiger partial charge is 0.338 e.